The van der Waals surface area contributed by atoms with E-state index in [2.05, 4.69) is 13.2 Å². The Balaban J connectivity index is 1.93. The highest BCUT2D eigenvalue weighted by Crippen LogP contribution is 2.63. The summed E-state index contributed by atoms with van der Waals surface area (Å²) in [5.74, 6) is -2.31. The molecule has 0 aromatic carbocycles. The van der Waals surface area contributed by atoms with Gasteiger partial charge in [0.25, 0.3) is 0 Å². The minimum absolute atomic E-state index is 0.0131. The van der Waals surface area contributed by atoms with Crippen LogP contribution >= 0.6 is 0 Å². The highest BCUT2D eigenvalue weighted by atomic mass is 16.6. The third-order valence-electron chi connectivity index (χ3n) is 7.85. The molecule has 1 N–H and O–H groups in total. The van der Waals surface area contributed by atoms with Crippen LogP contribution in [0.1, 0.15) is 65.7 Å². The number of ether oxygens (including phenoxy) is 2. The minimum Gasteiger partial charge on any atom is -0.465 e. The molecule has 196 valence electrons. The maximum atomic E-state index is 14.0. The molecule has 0 aromatic rings. The van der Waals surface area contributed by atoms with Crippen molar-refractivity contribution in [3.63, 3.8) is 0 Å². The van der Waals surface area contributed by atoms with Crippen LogP contribution in [-0.4, -0.2) is 82.3 Å². The van der Waals surface area contributed by atoms with Gasteiger partial charge in [0.1, 0.15) is 17.6 Å². The van der Waals surface area contributed by atoms with Gasteiger partial charge in [-0.2, -0.15) is 0 Å². The molecular formula is C27H42N2O6. The van der Waals surface area contributed by atoms with E-state index in [4.69, 9.17) is 9.47 Å². The van der Waals surface area contributed by atoms with E-state index in [1.807, 2.05) is 26.8 Å². The molecule has 0 aliphatic carbocycles. The van der Waals surface area contributed by atoms with E-state index in [9.17, 15) is 19.5 Å². The Morgan fingerprint density at radius 3 is 2.60 bits per heavy atom. The molecule has 3 rings (SSSR count). The Bertz CT molecular complexity index is 828. The number of amides is 2. The van der Waals surface area contributed by atoms with Crippen molar-refractivity contribution in [2.24, 2.45) is 11.8 Å². The third-order valence-corrected chi connectivity index (χ3v) is 7.85. The molecule has 0 aromatic heterocycles. The molecular weight excluding hydrogens is 448 g/mol. The first kappa shape index (κ1) is 27.4. The van der Waals surface area contributed by atoms with Crippen LogP contribution in [0, 0.1) is 11.8 Å². The largest absolute Gasteiger partial charge is 0.465 e. The molecule has 35 heavy (non-hydrogen) atoms. The van der Waals surface area contributed by atoms with E-state index in [0.29, 0.717) is 38.8 Å². The van der Waals surface area contributed by atoms with E-state index in [1.54, 1.807) is 15.9 Å². The van der Waals surface area contributed by atoms with E-state index >= 15 is 0 Å². The highest BCUT2D eigenvalue weighted by molar-refractivity contribution is 5.98. The van der Waals surface area contributed by atoms with Gasteiger partial charge in [-0.15, -0.1) is 13.2 Å². The predicted molar refractivity (Wildman–Crippen MR) is 132 cm³/mol. The summed E-state index contributed by atoms with van der Waals surface area (Å²) in [5.41, 5.74) is -1.89. The molecule has 8 heteroatoms. The Morgan fingerprint density at radius 2 is 1.97 bits per heavy atom. The highest BCUT2D eigenvalue weighted by Gasteiger charge is 2.78. The number of aliphatic hydroxyl groups excluding tert-OH is 1. The number of nitrogens with zero attached hydrogens (tertiary/aromatic N) is 2. The number of esters is 1. The van der Waals surface area contributed by atoms with Crippen molar-refractivity contribution in [3.05, 3.63) is 25.3 Å². The lowest BCUT2D eigenvalue weighted by Crippen LogP contribution is -2.57. The van der Waals surface area contributed by atoms with Crippen molar-refractivity contribution < 1.29 is 29.0 Å². The smallest absolute Gasteiger partial charge is 0.312 e. The Morgan fingerprint density at radius 1 is 1.23 bits per heavy atom. The summed E-state index contributed by atoms with van der Waals surface area (Å²) in [7, 11) is 0. The minimum atomic E-state index is -1.05. The van der Waals surface area contributed by atoms with Gasteiger partial charge in [-0.3, -0.25) is 14.4 Å². The fourth-order valence-corrected chi connectivity index (χ4v) is 6.20. The van der Waals surface area contributed by atoms with Crippen molar-refractivity contribution >= 4 is 17.8 Å². The third kappa shape index (κ3) is 4.92. The number of carbonyl (C=O) groups excluding carboxylic acids is 3. The average Bonchev–Trinajstić information content (AvgIpc) is 3.38. The lowest BCUT2D eigenvalue weighted by Gasteiger charge is -2.38. The van der Waals surface area contributed by atoms with E-state index in [1.165, 1.54) is 0 Å². The van der Waals surface area contributed by atoms with Crippen LogP contribution in [0.25, 0.3) is 0 Å². The van der Waals surface area contributed by atoms with Crippen molar-refractivity contribution in [1.82, 2.24) is 9.80 Å². The van der Waals surface area contributed by atoms with Crippen LogP contribution in [0.4, 0.5) is 0 Å². The van der Waals surface area contributed by atoms with Crippen LogP contribution in [0.2, 0.25) is 0 Å². The number of hydrogen-bond acceptors (Lipinski definition) is 6. The molecule has 3 aliphatic heterocycles. The Labute approximate surface area is 209 Å². The summed E-state index contributed by atoms with van der Waals surface area (Å²) >= 11 is 0. The zero-order chi connectivity index (χ0) is 25.8. The van der Waals surface area contributed by atoms with E-state index < -0.39 is 35.0 Å². The zero-order valence-electron chi connectivity index (χ0n) is 21.5. The van der Waals surface area contributed by atoms with Gasteiger partial charge in [0.15, 0.2) is 0 Å². The summed E-state index contributed by atoms with van der Waals surface area (Å²) < 4.78 is 12.2. The lowest BCUT2D eigenvalue weighted by atomic mass is 9.66. The standard InChI is InChI=1S/C27H42N2O6/c1-6-8-9-12-18-34-25(33)21-20-23(31)29(16-10-11-17-30)22(24(32)28(15-7-2)19(3)4)27(20)14-13-26(21,5)35-27/h6-7,19-22,30H,1-2,8-18H2,3-5H3/t20-,21-,22?,26+,27?/m0/s1. The monoisotopic (exact) mass is 490 g/mol. The first-order valence-corrected chi connectivity index (χ1v) is 13.0. The summed E-state index contributed by atoms with van der Waals surface area (Å²) in [6.45, 7) is 14.2. The first-order valence-electron chi connectivity index (χ1n) is 13.0. The van der Waals surface area contributed by atoms with Crippen molar-refractivity contribution in [1.29, 1.82) is 0 Å². The van der Waals surface area contributed by atoms with Crippen LogP contribution in [-0.2, 0) is 23.9 Å². The Kier molecular flexibility index (Phi) is 8.81. The number of carbonyl (C=O) groups is 3. The zero-order valence-corrected chi connectivity index (χ0v) is 21.5. The second kappa shape index (κ2) is 11.2. The second-order valence-electron chi connectivity index (χ2n) is 10.5. The van der Waals surface area contributed by atoms with Gasteiger partial charge in [-0.25, -0.2) is 0 Å². The summed E-state index contributed by atoms with van der Waals surface area (Å²) in [6.07, 6.45) is 8.20. The number of fused-ring (bicyclic) bond motifs is 1. The maximum absolute atomic E-state index is 14.0. The first-order chi connectivity index (χ1) is 16.7. The van der Waals surface area contributed by atoms with Gasteiger partial charge >= 0.3 is 5.97 Å². The van der Waals surface area contributed by atoms with Crippen molar-refractivity contribution in [2.75, 3.05) is 26.3 Å². The lowest BCUT2D eigenvalue weighted by molar-refractivity contribution is -0.160. The second-order valence-corrected chi connectivity index (χ2v) is 10.5. The van der Waals surface area contributed by atoms with Gasteiger partial charge in [-0.1, -0.05) is 12.2 Å². The summed E-state index contributed by atoms with van der Waals surface area (Å²) in [5, 5.41) is 9.28. The molecule has 3 fully saturated rings. The summed E-state index contributed by atoms with van der Waals surface area (Å²) in [4.78, 5) is 44.5. The van der Waals surface area contributed by atoms with Crippen LogP contribution in [0.15, 0.2) is 25.3 Å². The van der Waals surface area contributed by atoms with Gasteiger partial charge in [0.2, 0.25) is 11.8 Å². The predicted octanol–water partition coefficient (Wildman–Crippen LogP) is 2.85. The molecule has 0 radical (unpaired) electrons. The fourth-order valence-electron chi connectivity index (χ4n) is 6.20. The molecule has 2 bridgehead atoms. The van der Waals surface area contributed by atoms with Gasteiger partial charge in [-0.05, 0) is 65.7 Å². The van der Waals surface area contributed by atoms with Crippen LogP contribution in [0.3, 0.4) is 0 Å². The van der Waals surface area contributed by atoms with Crippen LogP contribution < -0.4 is 0 Å². The molecule has 3 aliphatic rings. The molecule has 2 unspecified atom stereocenters. The van der Waals surface area contributed by atoms with E-state index in [-0.39, 0.29) is 31.1 Å². The van der Waals surface area contributed by atoms with Gasteiger partial charge in [0.05, 0.1) is 18.1 Å². The van der Waals surface area contributed by atoms with Crippen molar-refractivity contribution in [2.45, 2.75) is 89.0 Å². The number of rotatable bonds is 14. The SMILES string of the molecule is C=CCCCCOC(=O)[C@@H]1[C@H]2C(=O)N(CCCCO)C(C(=O)N(CC=C)C(C)C)C23CC[C@@]1(C)O3. The topological polar surface area (TPSA) is 96.4 Å². The molecule has 3 saturated heterocycles. The molecule has 8 nitrogen and oxygen atoms in total. The van der Waals surface area contributed by atoms with Gasteiger partial charge < -0.3 is 24.4 Å². The maximum Gasteiger partial charge on any atom is 0.312 e. The Hall–Kier alpha value is -2.19. The van der Waals surface area contributed by atoms with E-state index in [0.717, 1.165) is 19.3 Å². The number of likely N-dealkylation sites (tertiary alicyclic amines) is 1. The van der Waals surface area contributed by atoms with Gasteiger partial charge in [0, 0.05) is 25.7 Å². The fraction of sp³-hybridized carbons (Fsp3) is 0.741. The summed E-state index contributed by atoms with van der Waals surface area (Å²) in [6, 6.07) is -0.899. The molecule has 2 amide bonds. The quantitative estimate of drug-likeness (QED) is 0.229. The molecule has 1 spiro atoms. The molecule has 3 heterocycles. The average molecular weight is 491 g/mol. The molecule has 0 saturated carbocycles. The normalized spacial score (nSPS) is 31.1. The van der Waals surface area contributed by atoms with Crippen molar-refractivity contribution in [3.8, 4) is 0 Å². The number of aliphatic hydroxyl groups is 1. The number of hydrogen-bond donors (Lipinski definition) is 1. The number of allylic oxidation sites excluding steroid dienone is 1. The number of unbranched alkanes of at least 4 members (excludes halogenated alkanes) is 3. The molecule has 5 atom stereocenters. The van der Waals surface area contributed by atoms with Crippen LogP contribution in [0.5, 0.6) is 0 Å².